The Balaban J connectivity index is 1.62. The standard InChI is InChI=1S/C31H32S2/c1-18-7-11-24(12-8-18)28-16-26(22(5)32-28)30-20(3)15-21(4)31(30)27-17-29(33-23(27)6)25-13-9-19(2)10-14-25/h7-14,16-17,20-21H,15H2,1-6H3/t20-,21-/m1/s1. The SMILES string of the molecule is Cc1ccc(-c2cc(C3=C(c4cc(-c5ccc(C)cc5)sc4C)[C@H](C)C[C@H]3C)c(C)s2)cc1. The number of aryl methyl sites for hydroxylation is 4. The lowest BCUT2D eigenvalue weighted by atomic mass is 9.91. The second-order valence-electron chi connectivity index (χ2n) is 9.76. The minimum atomic E-state index is 0.580. The minimum Gasteiger partial charge on any atom is -0.140 e. The Labute approximate surface area is 206 Å². The molecule has 0 radical (unpaired) electrons. The monoisotopic (exact) mass is 468 g/mol. The number of allylic oxidation sites excluding steroid dienone is 2. The van der Waals surface area contributed by atoms with Crippen LogP contribution in [0.2, 0.25) is 0 Å². The fourth-order valence-corrected chi connectivity index (χ4v) is 7.42. The van der Waals surface area contributed by atoms with Gasteiger partial charge in [0.05, 0.1) is 0 Å². The van der Waals surface area contributed by atoms with Crippen LogP contribution >= 0.6 is 22.7 Å². The minimum absolute atomic E-state index is 0.580. The summed E-state index contributed by atoms with van der Waals surface area (Å²) in [5.41, 5.74) is 11.4. The largest absolute Gasteiger partial charge is 0.140 e. The van der Waals surface area contributed by atoms with E-state index in [1.54, 1.807) is 11.1 Å². The van der Waals surface area contributed by atoms with Crippen molar-refractivity contribution in [2.75, 3.05) is 0 Å². The predicted molar refractivity (Wildman–Crippen MR) is 148 cm³/mol. The van der Waals surface area contributed by atoms with Crippen LogP contribution in [0.4, 0.5) is 0 Å². The van der Waals surface area contributed by atoms with Crippen molar-refractivity contribution in [1.29, 1.82) is 0 Å². The van der Waals surface area contributed by atoms with Crippen LogP contribution in [0.1, 0.15) is 52.3 Å². The molecule has 2 heteroatoms. The highest BCUT2D eigenvalue weighted by Crippen LogP contribution is 2.52. The first-order chi connectivity index (χ1) is 15.8. The molecule has 0 saturated heterocycles. The van der Waals surface area contributed by atoms with Crippen LogP contribution in [-0.2, 0) is 0 Å². The van der Waals surface area contributed by atoms with Gasteiger partial charge in [-0.3, -0.25) is 0 Å². The summed E-state index contributed by atoms with van der Waals surface area (Å²) >= 11 is 3.87. The van der Waals surface area contributed by atoms with Gasteiger partial charge in [-0.15, -0.1) is 22.7 Å². The van der Waals surface area contributed by atoms with Crippen molar-refractivity contribution in [3.8, 4) is 20.9 Å². The molecule has 2 heterocycles. The second-order valence-corrected chi connectivity index (χ2v) is 12.3. The molecule has 2 aromatic heterocycles. The summed E-state index contributed by atoms with van der Waals surface area (Å²) < 4.78 is 0. The van der Waals surface area contributed by atoms with Gasteiger partial charge >= 0.3 is 0 Å². The molecular formula is C31H32S2. The van der Waals surface area contributed by atoms with Gasteiger partial charge in [-0.1, -0.05) is 73.5 Å². The van der Waals surface area contributed by atoms with Gasteiger partial charge in [0.2, 0.25) is 0 Å². The smallest absolute Gasteiger partial charge is 0.0351 e. The quantitative estimate of drug-likeness (QED) is 0.279. The molecule has 2 atom stereocenters. The van der Waals surface area contributed by atoms with Crippen LogP contribution < -0.4 is 0 Å². The Morgan fingerprint density at radius 3 is 1.30 bits per heavy atom. The van der Waals surface area contributed by atoms with E-state index >= 15 is 0 Å². The van der Waals surface area contributed by atoms with Gasteiger partial charge in [0.25, 0.3) is 0 Å². The van der Waals surface area contributed by atoms with Gasteiger partial charge in [-0.05, 0) is 91.5 Å². The van der Waals surface area contributed by atoms with Crippen molar-refractivity contribution in [3.63, 3.8) is 0 Å². The summed E-state index contributed by atoms with van der Waals surface area (Å²) in [5, 5.41) is 0. The third-order valence-corrected chi connectivity index (χ3v) is 9.27. The zero-order valence-electron chi connectivity index (χ0n) is 20.5. The fourth-order valence-electron chi connectivity index (χ4n) is 5.34. The average molecular weight is 469 g/mol. The summed E-state index contributed by atoms with van der Waals surface area (Å²) in [4.78, 5) is 5.63. The normalized spacial score (nSPS) is 18.4. The lowest BCUT2D eigenvalue weighted by Crippen LogP contribution is -1.94. The lowest BCUT2D eigenvalue weighted by molar-refractivity contribution is 0.604. The van der Waals surface area contributed by atoms with Crippen LogP contribution in [-0.4, -0.2) is 0 Å². The zero-order chi connectivity index (χ0) is 23.3. The highest BCUT2D eigenvalue weighted by atomic mass is 32.1. The Morgan fingerprint density at radius 2 is 0.939 bits per heavy atom. The molecule has 2 aromatic carbocycles. The molecular weight excluding hydrogens is 436 g/mol. The Hall–Kier alpha value is -2.42. The van der Waals surface area contributed by atoms with Crippen LogP contribution in [0.25, 0.3) is 32.0 Å². The van der Waals surface area contributed by atoms with Crippen molar-refractivity contribution in [3.05, 3.63) is 92.7 Å². The molecule has 168 valence electrons. The van der Waals surface area contributed by atoms with Gasteiger partial charge in [-0.2, -0.15) is 0 Å². The Kier molecular flexibility index (Phi) is 5.93. The highest BCUT2D eigenvalue weighted by Gasteiger charge is 2.32. The third kappa shape index (κ3) is 4.16. The summed E-state index contributed by atoms with van der Waals surface area (Å²) in [7, 11) is 0. The predicted octanol–water partition coefficient (Wildman–Crippen LogP) is 9.96. The Morgan fingerprint density at radius 1 is 0.576 bits per heavy atom. The van der Waals surface area contributed by atoms with Crippen molar-refractivity contribution in [2.45, 2.75) is 48.0 Å². The maximum absolute atomic E-state index is 2.46. The van der Waals surface area contributed by atoms with Crippen LogP contribution in [0.3, 0.4) is 0 Å². The van der Waals surface area contributed by atoms with E-state index in [9.17, 15) is 0 Å². The topological polar surface area (TPSA) is 0 Å². The van der Waals surface area contributed by atoms with Crippen molar-refractivity contribution in [2.24, 2.45) is 11.8 Å². The molecule has 0 nitrogen and oxygen atoms in total. The van der Waals surface area contributed by atoms with E-state index in [0.717, 1.165) is 0 Å². The highest BCUT2D eigenvalue weighted by molar-refractivity contribution is 7.16. The van der Waals surface area contributed by atoms with E-state index in [1.165, 1.54) is 59.3 Å². The van der Waals surface area contributed by atoms with E-state index in [1.807, 2.05) is 22.7 Å². The first-order valence-corrected chi connectivity index (χ1v) is 13.5. The van der Waals surface area contributed by atoms with E-state index in [2.05, 4.69) is 102 Å². The molecule has 0 bridgehead atoms. The first-order valence-electron chi connectivity index (χ1n) is 11.9. The fraction of sp³-hybridized carbons (Fsp3) is 0.290. The van der Waals surface area contributed by atoms with Crippen LogP contribution in [0.5, 0.6) is 0 Å². The van der Waals surface area contributed by atoms with Crippen LogP contribution in [0.15, 0.2) is 60.7 Å². The zero-order valence-corrected chi connectivity index (χ0v) is 22.1. The molecule has 4 aromatic rings. The molecule has 33 heavy (non-hydrogen) atoms. The van der Waals surface area contributed by atoms with Crippen molar-refractivity contribution < 1.29 is 0 Å². The number of hydrogen-bond donors (Lipinski definition) is 0. The molecule has 1 aliphatic rings. The molecule has 1 aliphatic carbocycles. The first kappa shape index (κ1) is 22.4. The summed E-state index contributed by atoms with van der Waals surface area (Å²) in [6.45, 7) is 13.8. The molecule has 0 aliphatic heterocycles. The van der Waals surface area contributed by atoms with E-state index in [-0.39, 0.29) is 0 Å². The summed E-state index contributed by atoms with van der Waals surface area (Å²) in [5.74, 6) is 1.16. The van der Waals surface area contributed by atoms with E-state index < -0.39 is 0 Å². The number of hydrogen-bond acceptors (Lipinski definition) is 2. The third-order valence-electron chi connectivity index (χ3n) is 7.07. The number of thiophene rings is 2. The van der Waals surface area contributed by atoms with Crippen LogP contribution in [0, 0.1) is 39.5 Å². The molecule has 0 fully saturated rings. The van der Waals surface area contributed by atoms with Gasteiger partial charge in [-0.25, -0.2) is 0 Å². The molecule has 0 N–H and O–H groups in total. The summed E-state index contributed by atoms with van der Waals surface area (Å²) in [6.07, 6.45) is 1.23. The van der Waals surface area contributed by atoms with E-state index in [0.29, 0.717) is 11.8 Å². The lowest BCUT2D eigenvalue weighted by Gasteiger charge is -2.13. The van der Waals surface area contributed by atoms with Gasteiger partial charge in [0, 0.05) is 19.5 Å². The van der Waals surface area contributed by atoms with E-state index in [4.69, 9.17) is 0 Å². The maximum atomic E-state index is 2.46. The van der Waals surface area contributed by atoms with Gasteiger partial charge in [0.15, 0.2) is 0 Å². The molecule has 0 amide bonds. The maximum Gasteiger partial charge on any atom is 0.0351 e. The Bertz CT molecular complexity index is 1220. The number of benzene rings is 2. The molecule has 0 spiro atoms. The molecule has 0 saturated carbocycles. The number of rotatable bonds is 4. The molecule has 0 unspecified atom stereocenters. The van der Waals surface area contributed by atoms with Crippen molar-refractivity contribution >= 4 is 33.8 Å². The van der Waals surface area contributed by atoms with Gasteiger partial charge in [0.1, 0.15) is 0 Å². The summed E-state index contributed by atoms with van der Waals surface area (Å²) in [6, 6.07) is 22.8. The van der Waals surface area contributed by atoms with Crippen molar-refractivity contribution in [1.82, 2.24) is 0 Å². The second kappa shape index (κ2) is 8.74. The average Bonchev–Trinajstić information content (AvgIpc) is 3.43. The van der Waals surface area contributed by atoms with Gasteiger partial charge < -0.3 is 0 Å². The molecule has 5 rings (SSSR count).